The standard InChI is InChI=1S/C28H54N4O6/c1-12-18(7)23(31-26(36)24(19(8)13-2)32-27(37)38-28(9,10)11)25(35)30-20(14-16(3)4)21(33)15-22(34)29-17(5)6/h16-21,23-24,33H,12-15H2,1-11H3,(H,29,34)(H,30,35)(H,31,36)(H,32,37)/t18?,19?,20-,21?,23-,24-/m0/s1. The van der Waals surface area contributed by atoms with Gasteiger partial charge in [-0.3, -0.25) is 14.4 Å². The molecule has 0 saturated carbocycles. The molecule has 0 aliphatic heterocycles. The van der Waals surface area contributed by atoms with E-state index >= 15 is 0 Å². The van der Waals surface area contributed by atoms with Crippen LogP contribution in [0.2, 0.25) is 0 Å². The molecule has 0 saturated heterocycles. The molecule has 0 aliphatic carbocycles. The van der Waals surface area contributed by atoms with Crippen molar-refractivity contribution in [3.63, 3.8) is 0 Å². The molecule has 4 amide bonds. The first kappa shape index (κ1) is 35.6. The van der Waals surface area contributed by atoms with Crippen molar-refractivity contribution in [1.82, 2.24) is 21.3 Å². The summed E-state index contributed by atoms with van der Waals surface area (Å²) in [6, 6.07) is -2.53. The Balaban J connectivity index is 5.76. The van der Waals surface area contributed by atoms with Gasteiger partial charge in [0, 0.05) is 6.04 Å². The van der Waals surface area contributed by atoms with Crippen LogP contribution in [0.3, 0.4) is 0 Å². The van der Waals surface area contributed by atoms with Gasteiger partial charge in [-0.2, -0.15) is 0 Å². The maximum Gasteiger partial charge on any atom is 0.408 e. The Kier molecular flexibility index (Phi) is 15.5. The number of nitrogens with one attached hydrogen (secondary N) is 4. The van der Waals surface area contributed by atoms with E-state index in [1.807, 2.05) is 55.4 Å². The molecule has 5 N–H and O–H groups in total. The van der Waals surface area contributed by atoms with E-state index in [1.165, 1.54) is 0 Å². The van der Waals surface area contributed by atoms with Crippen molar-refractivity contribution in [1.29, 1.82) is 0 Å². The van der Waals surface area contributed by atoms with Crippen LogP contribution < -0.4 is 21.3 Å². The highest BCUT2D eigenvalue weighted by atomic mass is 16.6. The first-order chi connectivity index (χ1) is 17.4. The summed E-state index contributed by atoms with van der Waals surface area (Å²) >= 11 is 0. The monoisotopic (exact) mass is 542 g/mol. The van der Waals surface area contributed by atoms with Crippen LogP contribution in [0.15, 0.2) is 0 Å². The summed E-state index contributed by atoms with van der Waals surface area (Å²) in [6.45, 7) is 20.3. The molecule has 0 aromatic carbocycles. The Morgan fingerprint density at radius 2 is 1.24 bits per heavy atom. The van der Waals surface area contributed by atoms with Crippen molar-refractivity contribution in [3.8, 4) is 0 Å². The lowest BCUT2D eigenvalue weighted by atomic mass is 9.93. The Labute approximate surface area is 229 Å². The van der Waals surface area contributed by atoms with E-state index in [4.69, 9.17) is 4.74 Å². The van der Waals surface area contributed by atoms with E-state index < -0.39 is 47.7 Å². The van der Waals surface area contributed by atoms with Crippen molar-refractivity contribution in [2.24, 2.45) is 17.8 Å². The van der Waals surface area contributed by atoms with Gasteiger partial charge in [-0.1, -0.05) is 54.4 Å². The lowest BCUT2D eigenvalue weighted by Gasteiger charge is -2.32. The lowest BCUT2D eigenvalue weighted by molar-refractivity contribution is -0.133. The van der Waals surface area contributed by atoms with E-state index in [9.17, 15) is 24.3 Å². The number of carbonyl (C=O) groups excluding carboxylic acids is 4. The van der Waals surface area contributed by atoms with Crippen LogP contribution >= 0.6 is 0 Å². The average Bonchev–Trinajstić information content (AvgIpc) is 2.77. The van der Waals surface area contributed by atoms with Crippen molar-refractivity contribution in [2.75, 3.05) is 0 Å². The molecule has 222 valence electrons. The number of hydrogen-bond donors (Lipinski definition) is 5. The van der Waals surface area contributed by atoms with Gasteiger partial charge in [-0.05, 0) is 58.8 Å². The summed E-state index contributed by atoms with van der Waals surface area (Å²) in [5, 5.41) is 21.9. The lowest BCUT2D eigenvalue weighted by Crippen LogP contribution is -2.59. The number of amides is 4. The minimum atomic E-state index is -1.09. The van der Waals surface area contributed by atoms with Gasteiger partial charge in [0.05, 0.1) is 18.6 Å². The highest BCUT2D eigenvalue weighted by Gasteiger charge is 2.35. The Bertz CT molecular complexity index is 765. The minimum Gasteiger partial charge on any atom is -0.444 e. The molecular formula is C28H54N4O6. The van der Waals surface area contributed by atoms with Crippen molar-refractivity contribution < 1.29 is 29.0 Å². The topological polar surface area (TPSA) is 146 Å². The van der Waals surface area contributed by atoms with Gasteiger partial charge in [-0.25, -0.2) is 4.79 Å². The third-order valence-electron chi connectivity index (χ3n) is 6.32. The van der Waals surface area contributed by atoms with Gasteiger partial charge >= 0.3 is 6.09 Å². The molecule has 0 heterocycles. The van der Waals surface area contributed by atoms with E-state index in [0.717, 1.165) is 0 Å². The molecule has 10 nitrogen and oxygen atoms in total. The molecule has 10 heteroatoms. The second-order valence-corrected chi connectivity index (χ2v) is 12.1. The first-order valence-corrected chi connectivity index (χ1v) is 14.0. The third-order valence-corrected chi connectivity index (χ3v) is 6.32. The van der Waals surface area contributed by atoms with Crippen molar-refractivity contribution >= 4 is 23.8 Å². The summed E-state index contributed by atoms with van der Waals surface area (Å²) in [6.07, 6.45) is -0.252. The number of aliphatic hydroxyl groups is 1. The molecule has 0 radical (unpaired) electrons. The fourth-order valence-electron chi connectivity index (χ4n) is 3.89. The largest absolute Gasteiger partial charge is 0.444 e. The SMILES string of the molecule is CCC(C)[C@H](NC(=O)OC(C)(C)C)C(=O)N[C@H](C(=O)N[C@@H](CC(C)C)C(O)CC(=O)NC(C)C)C(C)CC. The van der Waals surface area contributed by atoms with Gasteiger partial charge in [0.25, 0.3) is 0 Å². The Hall–Kier alpha value is -2.36. The molecule has 0 aromatic heterocycles. The molecule has 3 unspecified atom stereocenters. The average molecular weight is 543 g/mol. The predicted molar refractivity (Wildman–Crippen MR) is 149 cm³/mol. The van der Waals surface area contributed by atoms with E-state index in [1.54, 1.807) is 20.8 Å². The summed E-state index contributed by atoms with van der Waals surface area (Å²) in [4.78, 5) is 51.5. The molecular weight excluding hydrogens is 488 g/mol. The fraction of sp³-hybridized carbons (Fsp3) is 0.857. The second-order valence-electron chi connectivity index (χ2n) is 12.1. The number of hydrogen-bond acceptors (Lipinski definition) is 6. The van der Waals surface area contributed by atoms with E-state index in [2.05, 4.69) is 21.3 Å². The number of aliphatic hydroxyl groups excluding tert-OH is 1. The first-order valence-electron chi connectivity index (χ1n) is 14.0. The summed E-state index contributed by atoms with van der Waals surface area (Å²) in [5.74, 6) is -1.51. The van der Waals surface area contributed by atoms with Gasteiger partial charge in [0.1, 0.15) is 17.7 Å². The van der Waals surface area contributed by atoms with Crippen LogP contribution in [0.5, 0.6) is 0 Å². The van der Waals surface area contributed by atoms with Gasteiger partial charge < -0.3 is 31.1 Å². The van der Waals surface area contributed by atoms with Crippen LogP contribution in [0.25, 0.3) is 0 Å². The molecule has 0 fully saturated rings. The fourth-order valence-corrected chi connectivity index (χ4v) is 3.89. The van der Waals surface area contributed by atoms with E-state index in [0.29, 0.717) is 19.3 Å². The summed E-state index contributed by atoms with van der Waals surface area (Å²) in [5.41, 5.74) is -0.724. The zero-order chi connectivity index (χ0) is 29.8. The highest BCUT2D eigenvalue weighted by Crippen LogP contribution is 2.16. The van der Waals surface area contributed by atoms with Gasteiger partial charge in [0.2, 0.25) is 17.7 Å². The van der Waals surface area contributed by atoms with Crippen LogP contribution in [0, 0.1) is 17.8 Å². The number of rotatable bonds is 15. The second kappa shape index (κ2) is 16.6. The number of carbonyl (C=O) groups is 4. The van der Waals surface area contributed by atoms with Crippen molar-refractivity contribution in [2.45, 2.75) is 138 Å². The van der Waals surface area contributed by atoms with Crippen LogP contribution in [-0.4, -0.2) is 64.8 Å². The Morgan fingerprint density at radius 3 is 1.66 bits per heavy atom. The number of ether oxygens (including phenoxy) is 1. The maximum absolute atomic E-state index is 13.5. The van der Waals surface area contributed by atoms with Gasteiger partial charge in [0.15, 0.2) is 0 Å². The van der Waals surface area contributed by atoms with Crippen LogP contribution in [0.1, 0.15) is 102 Å². The number of alkyl carbamates (subject to hydrolysis) is 1. The molecule has 38 heavy (non-hydrogen) atoms. The molecule has 0 aromatic rings. The Morgan fingerprint density at radius 1 is 0.763 bits per heavy atom. The molecule has 0 aliphatic rings. The smallest absolute Gasteiger partial charge is 0.408 e. The summed E-state index contributed by atoms with van der Waals surface area (Å²) < 4.78 is 5.34. The molecule has 0 spiro atoms. The zero-order valence-electron chi connectivity index (χ0n) is 25.4. The predicted octanol–water partition coefficient (Wildman–Crippen LogP) is 3.26. The molecule has 0 rings (SSSR count). The van der Waals surface area contributed by atoms with Crippen LogP contribution in [0.4, 0.5) is 4.79 Å². The van der Waals surface area contributed by atoms with Gasteiger partial charge in [-0.15, -0.1) is 0 Å². The van der Waals surface area contributed by atoms with E-state index in [-0.39, 0.29) is 36.1 Å². The molecule has 6 atom stereocenters. The quantitative estimate of drug-likeness (QED) is 0.215. The normalized spacial score (nSPS) is 16.6. The summed E-state index contributed by atoms with van der Waals surface area (Å²) in [7, 11) is 0. The minimum absolute atomic E-state index is 0.0643. The molecule has 0 bridgehead atoms. The zero-order valence-corrected chi connectivity index (χ0v) is 25.4. The van der Waals surface area contributed by atoms with Crippen LogP contribution in [-0.2, 0) is 19.1 Å². The highest BCUT2D eigenvalue weighted by molar-refractivity contribution is 5.91. The maximum atomic E-state index is 13.5. The van der Waals surface area contributed by atoms with Crippen molar-refractivity contribution in [3.05, 3.63) is 0 Å². The third kappa shape index (κ3) is 14.0.